The highest BCUT2D eigenvalue weighted by atomic mass is 32.1. The molecule has 32 heavy (non-hydrogen) atoms. The first-order valence-electron chi connectivity index (χ1n) is 10.1. The Morgan fingerprint density at radius 1 is 1.22 bits per heavy atom. The first-order valence-corrected chi connectivity index (χ1v) is 10.9. The molecule has 0 saturated heterocycles. The van der Waals surface area contributed by atoms with Crippen LogP contribution >= 0.6 is 11.3 Å². The van der Waals surface area contributed by atoms with Gasteiger partial charge in [-0.2, -0.15) is 21.1 Å². The van der Waals surface area contributed by atoms with E-state index in [0.717, 1.165) is 20.9 Å². The van der Waals surface area contributed by atoms with Gasteiger partial charge in [-0.3, -0.25) is 4.79 Å². The fourth-order valence-electron chi connectivity index (χ4n) is 3.63. The minimum atomic E-state index is -0.465. The Hall–Kier alpha value is -3.81. The Labute approximate surface area is 189 Å². The third-order valence-corrected chi connectivity index (χ3v) is 6.39. The number of aryl methyl sites for hydroxylation is 1. The van der Waals surface area contributed by atoms with Crippen LogP contribution in [0.15, 0.2) is 35.1 Å². The Balaban J connectivity index is 2.15. The van der Waals surface area contributed by atoms with Gasteiger partial charge in [0.25, 0.3) is 5.56 Å². The predicted molar refractivity (Wildman–Crippen MR) is 127 cm³/mol. The van der Waals surface area contributed by atoms with E-state index in [9.17, 15) is 10.1 Å². The number of fused-ring (bicyclic) bond motifs is 1. The number of hydrogen-bond acceptors (Lipinski definition) is 5. The van der Waals surface area contributed by atoms with E-state index in [1.807, 2.05) is 70.2 Å². The number of rotatable bonds is 2. The van der Waals surface area contributed by atoms with E-state index in [2.05, 4.69) is 14.9 Å². The average molecular weight is 440 g/mol. The quantitative estimate of drug-likeness (QED) is 0.424. The molecule has 0 saturated carbocycles. The van der Waals surface area contributed by atoms with Gasteiger partial charge in [-0.25, -0.2) is 9.83 Å². The summed E-state index contributed by atoms with van der Waals surface area (Å²) in [5.41, 5.74) is 2.61. The van der Waals surface area contributed by atoms with Crippen molar-refractivity contribution < 1.29 is 0 Å². The molecule has 6 nitrogen and oxygen atoms in total. The Bertz CT molecular complexity index is 1560. The van der Waals surface area contributed by atoms with E-state index in [4.69, 9.17) is 6.57 Å². The maximum absolute atomic E-state index is 12.9. The lowest BCUT2D eigenvalue weighted by Gasteiger charge is -2.11. The van der Waals surface area contributed by atoms with Crippen LogP contribution in [0.5, 0.6) is 0 Å². The molecule has 1 aromatic carbocycles. The summed E-state index contributed by atoms with van der Waals surface area (Å²) in [6.07, 6.45) is 1.93. The molecule has 158 valence electrons. The van der Waals surface area contributed by atoms with Gasteiger partial charge in [-0.15, -0.1) is 5.10 Å². The number of nitrogens with zero attached hydrogens (tertiary/aromatic N) is 5. The minimum absolute atomic E-state index is 0.0500. The maximum Gasteiger partial charge on any atom is 0.291 e. The summed E-state index contributed by atoms with van der Waals surface area (Å²) in [5, 5.41) is 14.8. The van der Waals surface area contributed by atoms with Crippen LogP contribution in [0.3, 0.4) is 0 Å². The zero-order valence-electron chi connectivity index (χ0n) is 18.5. The third kappa shape index (κ3) is 3.37. The van der Waals surface area contributed by atoms with Crippen molar-refractivity contribution in [3.8, 4) is 17.2 Å². The molecular weight excluding hydrogens is 418 g/mol. The summed E-state index contributed by atoms with van der Waals surface area (Å²) in [5.74, 6) is 0.534. The molecule has 0 unspecified atom stereocenters. The average Bonchev–Trinajstić information content (AvgIpc) is 3.33. The van der Waals surface area contributed by atoms with Crippen LogP contribution in [-0.2, 0) is 5.41 Å². The summed E-state index contributed by atoms with van der Waals surface area (Å²) in [4.78, 5) is 23.2. The third-order valence-electron chi connectivity index (χ3n) is 5.35. The molecule has 0 aliphatic carbocycles. The molecule has 7 heteroatoms. The molecule has 0 bridgehead atoms. The number of nitriles is 1. The van der Waals surface area contributed by atoms with Crippen LogP contribution in [0.25, 0.3) is 27.7 Å². The molecule has 4 aromatic rings. The second-order valence-electron chi connectivity index (χ2n) is 8.62. The van der Waals surface area contributed by atoms with Gasteiger partial charge in [0, 0.05) is 26.0 Å². The molecule has 0 aliphatic heterocycles. The Morgan fingerprint density at radius 2 is 1.91 bits per heavy atom. The van der Waals surface area contributed by atoms with E-state index in [1.165, 1.54) is 15.9 Å². The number of pyridine rings is 1. The molecule has 0 amide bonds. The van der Waals surface area contributed by atoms with Crippen molar-refractivity contribution in [1.29, 1.82) is 5.26 Å². The topological polar surface area (TPSA) is 75.4 Å². The molecule has 0 fully saturated rings. The van der Waals surface area contributed by atoms with Crippen molar-refractivity contribution in [2.24, 2.45) is 0 Å². The summed E-state index contributed by atoms with van der Waals surface area (Å²) >= 11 is 1.51. The standard InChI is InChI=1S/C25H21N5OS/c1-14-17(22-28-24(25(3,4)5)29-30(22)23(31)18(14)13-26)12-19-20(16-10-8-7-9-11-16)21(27-6)15(2)32-19/h7-12H,1-5H3/b17-12-. The number of hydrogen-bond donors (Lipinski definition) is 0. The fraction of sp³-hybridized carbons (Fsp3) is 0.240. The molecule has 0 N–H and O–H groups in total. The van der Waals surface area contributed by atoms with Gasteiger partial charge in [-0.1, -0.05) is 51.1 Å². The van der Waals surface area contributed by atoms with Crippen LogP contribution < -0.4 is 10.8 Å². The van der Waals surface area contributed by atoms with Gasteiger partial charge < -0.3 is 0 Å². The van der Waals surface area contributed by atoms with Gasteiger partial charge in [-0.05, 0) is 31.1 Å². The minimum Gasteiger partial charge on any atom is -0.266 e. The van der Waals surface area contributed by atoms with Crippen molar-refractivity contribution in [1.82, 2.24) is 14.6 Å². The molecular formula is C25H21N5OS. The SMILES string of the molecule is [C-]#[N+]c1c(C)sc(/C=c2/c(C)c(C#N)c(=O)n3nc(C(C)(C)C)nc23)c1-c1ccccc1. The van der Waals surface area contributed by atoms with E-state index < -0.39 is 5.56 Å². The summed E-state index contributed by atoms with van der Waals surface area (Å²) in [6, 6.07) is 11.8. The van der Waals surface area contributed by atoms with Gasteiger partial charge in [0.1, 0.15) is 11.6 Å². The van der Waals surface area contributed by atoms with E-state index in [-0.39, 0.29) is 11.0 Å². The van der Waals surface area contributed by atoms with Gasteiger partial charge >= 0.3 is 0 Å². The molecule has 3 aromatic heterocycles. The van der Waals surface area contributed by atoms with Crippen LogP contribution in [-0.4, -0.2) is 14.6 Å². The first kappa shape index (κ1) is 21.4. The predicted octanol–water partition coefficient (Wildman–Crippen LogP) is 4.70. The summed E-state index contributed by atoms with van der Waals surface area (Å²) in [7, 11) is 0. The fourth-order valence-corrected chi connectivity index (χ4v) is 4.69. The number of aromatic nitrogens is 3. The molecule has 0 spiro atoms. The highest BCUT2D eigenvalue weighted by Gasteiger charge is 2.23. The Morgan fingerprint density at radius 3 is 2.50 bits per heavy atom. The molecule has 0 atom stereocenters. The van der Waals surface area contributed by atoms with Crippen LogP contribution in [0.2, 0.25) is 0 Å². The first-order chi connectivity index (χ1) is 15.2. The number of benzene rings is 1. The summed E-state index contributed by atoms with van der Waals surface area (Å²) in [6.45, 7) is 17.3. The van der Waals surface area contributed by atoms with Crippen molar-refractivity contribution >= 4 is 28.7 Å². The molecule has 4 rings (SSSR count). The molecule has 0 radical (unpaired) electrons. The van der Waals surface area contributed by atoms with Gasteiger partial charge in [0.2, 0.25) is 5.69 Å². The highest BCUT2D eigenvalue weighted by molar-refractivity contribution is 7.14. The van der Waals surface area contributed by atoms with Crippen LogP contribution in [0.4, 0.5) is 5.69 Å². The largest absolute Gasteiger partial charge is 0.291 e. The lowest BCUT2D eigenvalue weighted by Crippen LogP contribution is -2.27. The maximum atomic E-state index is 12.9. The second-order valence-corrected chi connectivity index (χ2v) is 9.88. The van der Waals surface area contributed by atoms with E-state index in [1.54, 1.807) is 6.92 Å². The zero-order valence-corrected chi connectivity index (χ0v) is 19.3. The van der Waals surface area contributed by atoms with Crippen molar-refractivity contribution in [3.63, 3.8) is 0 Å². The van der Waals surface area contributed by atoms with Gasteiger partial charge in [0.05, 0.1) is 6.57 Å². The van der Waals surface area contributed by atoms with Crippen LogP contribution in [0.1, 0.15) is 47.5 Å². The zero-order chi connectivity index (χ0) is 23.2. The monoisotopic (exact) mass is 439 g/mol. The van der Waals surface area contributed by atoms with E-state index in [0.29, 0.717) is 27.9 Å². The van der Waals surface area contributed by atoms with Gasteiger partial charge in [0.15, 0.2) is 11.5 Å². The normalized spacial score (nSPS) is 12.2. The highest BCUT2D eigenvalue weighted by Crippen LogP contribution is 2.42. The van der Waals surface area contributed by atoms with Crippen molar-refractivity contribution in [2.45, 2.75) is 40.0 Å². The smallest absolute Gasteiger partial charge is 0.266 e. The molecule has 3 heterocycles. The Kier molecular flexibility index (Phi) is 5.16. The van der Waals surface area contributed by atoms with Crippen molar-refractivity contribution in [2.75, 3.05) is 0 Å². The van der Waals surface area contributed by atoms with Crippen LogP contribution in [0, 0.1) is 31.8 Å². The van der Waals surface area contributed by atoms with E-state index >= 15 is 0 Å². The summed E-state index contributed by atoms with van der Waals surface area (Å²) < 4.78 is 1.23. The second kappa shape index (κ2) is 7.71. The lowest BCUT2D eigenvalue weighted by molar-refractivity contribution is 0.544. The number of thiophene rings is 1. The van der Waals surface area contributed by atoms with Crippen molar-refractivity contribution in [3.05, 3.63) is 84.0 Å². The lowest BCUT2D eigenvalue weighted by atomic mass is 9.96. The molecule has 0 aliphatic rings.